The lowest BCUT2D eigenvalue weighted by atomic mass is 9.68. The molecule has 2 fully saturated rings. The zero-order valence-corrected chi connectivity index (χ0v) is 11.4. The highest BCUT2D eigenvalue weighted by Gasteiger charge is 2.38. The van der Waals surface area contributed by atoms with E-state index >= 15 is 0 Å². The molecule has 1 aliphatic carbocycles. The van der Waals surface area contributed by atoms with E-state index in [1.54, 1.807) is 0 Å². The summed E-state index contributed by atoms with van der Waals surface area (Å²) in [6.07, 6.45) is 6.31. The van der Waals surface area contributed by atoms with Gasteiger partial charge < -0.3 is 4.74 Å². The Labute approximate surface area is 105 Å². The maximum Gasteiger partial charge on any atom is 0.0762 e. The predicted molar refractivity (Wildman–Crippen MR) is 68.4 cm³/mol. The molecule has 2 aliphatic rings. The SMILES string of the molecule is CC(C)(C)C1CCC(C2OCCC2C#N)CC1. The van der Waals surface area contributed by atoms with Crippen LogP contribution in [-0.2, 0) is 4.74 Å². The Bertz CT molecular complexity index is 291. The van der Waals surface area contributed by atoms with Crippen LogP contribution in [0.15, 0.2) is 0 Å². The van der Waals surface area contributed by atoms with Gasteiger partial charge in [0.25, 0.3) is 0 Å². The van der Waals surface area contributed by atoms with Crippen molar-refractivity contribution in [2.75, 3.05) is 6.61 Å². The summed E-state index contributed by atoms with van der Waals surface area (Å²) in [4.78, 5) is 0. The zero-order chi connectivity index (χ0) is 12.5. The van der Waals surface area contributed by atoms with Crippen LogP contribution in [-0.4, -0.2) is 12.7 Å². The topological polar surface area (TPSA) is 33.0 Å². The summed E-state index contributed by atoms with van der Waals surface area (Å²) in [5.74, 6) is 1.65. The van der Waals surface area contributed by atoms with Crippen molar-refractivity contribution in [2.24, 2.45) is 23.2 Å². The Morgan fingerprint density at radius 1 is 1.06 bits per heavy atom. The van der Waals surface area contributed by atoms with E-state index in [1.807, 2.05) is 0 Å². The Balaban J connectivity index is 1.89. The van der Waals surface area contributed by atoms with Gasteiger partial charge in [-0.3, -0.25) is 0 Å². The van der Waals surface area contributed by atoms with Crippen LogP contribution in [0.3, 0.4) is 0 Å². The van der Waals surface area contributed by atoms with Crippen molar-refractivity contribution in [1.29, 1.82) is 5.26 Å². The van der Waals surface area contributed by atoms with E-state index in [-0.39, 0.29) is 12.0 Å². The molecule has 0 spiro atoms. The van der Waals surface area contributed by atoms with Gasteiger partial charge in [0, 0.05) is 6.61 Å². The van der Waals surface area contributed by atoms with E-state index in [0.717, 1.165) is 18.9 Å². The first-order valence-electron chi connectivity index (χ1n) is 7.03. The standard InChI is InChI=1S/C15H25NO/c1-15(2,3)13-6-4-11(5-7-13)14-12(10-16)8-9-17-14/h11-14H,4-9H2,1-3H3. The summed E-state index contributed by atoms with van der Waals surface area (Å²) in [5, 5.41) is 9.12. The first-order valence-corrected chi connectivity index (χ1v) is 7.03. The highest BCUT2D eigenvalue weighted by molar-refractivity contribution is 4.96. The first-order chi connectivity index (χ1) is 8.02. The third kappa shape index (κ3) is 2.83. The lowest BCUT2D eigenvalue weighted by Crippen LogP contribution is -2.33. The average molecular weight is 235 g/mol. The molecule has 0 bridgehead atoms. The average Bonchev–Trinajstić information content (AvgIpc) is 2.76. The Morgan fingerprint density at radius 3 is 2.24 bits per heavy atom. The molecular weight excluding hydrogens is 210 g/mol. The lowest BCUT2D eigenvalue weighted by molar-refractivity contribution is 0.0184. The minimum Gasteiger partial charge on any atom is -0.377 e. The van der Waals surface area contributed by atoms with Crippen LogP contribution in [0.1, 0.15) is 52.9 Å². The fourth-order valence-electron chi connectivity index (χ4n) is 3.53. The van der Waals surface area contributed by atoms with Crippen molar-refractivity contribution in [1.82, 2.24) is 0 Å². The van der Waals surface area contributed by atoms with Crippen LogP contribution in [0, 0.1) is 34.5 Å². The quantitative estimate of drug-likeness (QED) is 0.693. The highest BCUT2D eigenvalue weighted by Crippen LogP contribution is 2.43. The minimum absolute atomic E-state index is 0.159. The minimum atomic E-state index is 0.159. The molecule has 2 nitrogen and oxygen atoms in total. The zero-order valence-electron chi connectivity index (χ0n) is 11.4. The Hall–Kier alpha value is -0.550. The molecule has 96 valence electrons. The number of ether oxygens (including phenoxy) is 1. The van der Waals surface area contributed by atoms with Gasteiger partial charge >= 0.3 is 0 Å². The van der Waals surface area contributed by atoms with Crippen LogP contribution < -0.4 is 0 Å². The van der Waals surface area contributed by atoms with Gasteiger partial charge in [0.2, 0.25) is 0 Å². The smallest absolute Gasteiger partial charge is 0.0762 e. The van der Waals surface area contributed by atoms with Crippen LogP contribution in [0.2, 0.25) is 0 Å². The molecule has 0 aromatic carbocycles. The third-order valence-electron chi connectivity index (χ3n) is 4.76. The maximum atomic E-state index is 9.12. The Kier molecular flexibility index (Phi) is 3.78. The maximum absolute atomic E-state index is 9.12. The summed E-state index contributed by atoms with van der Waals surface area (Å²) in [5.41, 5.74) is 0.441. The molecule has 1 saturated carbocycles. The van der Waals surface area contributed by atoms with Crippen LogP contribution >= 0.6 is 0 Å². The summed E-state index contributed by atoms with van der Waals surface area (Å²) < 4.78 is 5.79. The van der Waals surface area contributed by atoms with E-state index in [4.69, 9.17) is 10.00 Å². The highest BCUT2D eigenvalue weighted by atomic mass is 16.5. The number of nitriles is 1. The normalized spacial score (nSPS) is 38.9. The van der Waals surface area contributed by atoms with Gasteiger partial charge in [-0.15, -0.1) is 0 Å². The molecular formula is C15H25NO. The number of hydrogen-bond acceptors (Lipinski definition) is 2. The molecule has 1 heterocycles. The molecule has 2 unspecified atom stereocenters. The van der Waals surface area contributed by atoms with Gasteiger partial charge in [-0.25, -0.2) is 0 Å². The molecule has 0 amide bonds. The number of rotatable bonds is 1. The van der Waals surface area contributed by atoms with Crippen LogP contribution in [0.25, 0.3) is 0 Å². The molecule has 2 rings (SSSR count). The summed E-state index contributed by atoms with van der Waals surface area (Å²) in [6.45, 7) is 7.84. The van der Waals surface area contributed by atoms with Crippen molar-refractivity contribution in [3.05, 3.63) is 0 Å². The first kappa shape index (κ1) is 12.9. The van der Waals surface area contributed by atoms with Gasteiger partial charge in [0.15, 0.2) is 0 Å². The number of hydrogen-bond donors (Lipinski definition) is 0. The van der Waals surface area contributed by atoms with E-state index in [0.29, 0.717) is 11.3 Å². The van der Waals surface area contributed by atoms with Crippen molar-refractivity contribution in [3.8, 4) is 6.07 Å². The van der Waals surface area contributed by atoms with Crippen molar-refractivity contribution >= 4 is 0 Å². The van der Waals surface area contributed by atoms with E-state index in [1.165, 1.54) is 25.7 Å². The second-order valence-corrected chi connectivity index (χ2v) is 6.84. The van der Waals surface area contributed by atoms with E-state index in [9.17, 15) is 0 Å². The molecule has 0 aromatic heterocycles. The molecule has 0 aromatic rings. The molecule has 1 aliphatic heterocycles. The van der Waals surface area contributed by atoms with Crippen LogP contribution in [0.4, 0.5) is 0 Å². The predicted octanol–water partition coefficient (Wildman–Crippen LogP) is 3.77. The van der Waals surface area contributed by atoms with Crippen molar-refractivity contribution in [2.45, 2.75) is 59.0 Å². The lowest BCUT2D eigenvalue weighted by Gasteiger charge is -2.38. The molecule has 2 atom stereocenters. The summed E-state index contributed by atoms with van der Waals surface area (Å²) >= 11 is 0. The second kappa shape index (κ2) is 4.98. The fourth-order valence-corrected chi connectivity index (χ4v) is 3.53. The second-order valence-electron chi connectivity index (χ2n) is 6.84. The van der Waals surface area contributed by atoms with Gasteiger partial charge in [-0.05, 0) is 49.4 Å². The summed E-state index contributed by atoms with van der Waals surface area (Å²) in [6, 6.07) is 2.43. The molecule has 0 radical (unpaired) electrons. The monoisotopic (exact) mass is 235 g/mol. The largest absolute Gasteiger partial charge is 0.377 e. The van der Waals surface area contributed by atoms with Crippen molar-refractivity contribution < 1.29 is 4.74 Å². The fraction of sp³-hybridized carbons (Fsp3) is 0.933. The van der Waals surface area contributed by atoms with E-state index < -0.39 is 0 Å². The third-order valence-corrected chi connectivity index (χ3v) is 4.76. The molecule has 1 saturated heterocycles. The Morgan fingerprint density at radius 2 is 1.71 bits per heavy atom. The van der Waals surface area contributed by atoms with Gasteiger partial charge in [0.1, 0.15) is 0 Å². The van der Waals surface area contributed by atoms with Crippen molar-refractivity contribution in [3.63, 3.8) is 0 Å². The molecule has 2 heteroatoms. The summed E-state index contributed by atoms with van der Waals surface area (Å²) in [7, 11) is 0. The van der Waals surface area contributed by atoms with Gasteiger partial charge in [-0.1, -0.05) is 20.8 Å². The van der Waals surface area contributed by atoms with E-state index in [2.05, 4.69) is 26.8 Å². The number of nitrogens with zero attached hydrogens (tertiary/aromatic N) is 1. The molecule has 0 N–H and O–H groups in total. The van der Waals surface area contributed by atoms with Crippen LogP contribution in [0.5, 0.6) is 0 Å². The van der Waals surface area contributed by atoms with Gasteiger partial charge in [-0.2, -0.15) is 5.26 Å². The van der Waals surface area contributed by atoms with Gasteiger partial charge in [0.05, 0.1) is 18.1 Å². The molecule has 17 heavy (non-hydrogen) atoms.